The third-order valence-corrected chi connectivity index (χ3v) is 10.2. The first-order valence-electron chi connectivity index (χ1n) is 8.69. The molecule has 1 rings (SSSR count). The molecule has 0 unspecified atom stereocenters. The van der Waals surface area contributed by atoms with Gasteiger partial charge < -0.3 is 5.53 Å². The van der Waals surface area contributed by atoms with Crippen LogP contribution in [0.15, 0.2) is 0 Å². The van der Waals surface area contributed by atoms with Gasteiger partial charge in [0.05, 0.1) is 10.00 Å². The van der Waals surface area contributed by atoms with Gasteiger partial charge in [-0.2, -0.15) is 0 Å². The van der Waals surface area contributed by atoms with Gasteiger partial charge in [-0.25, -0.2) is 16.8 Å². The molecule has 0 amide bonds. The van der Waals surface area contributed by atoms with E-state index in [0.29, 0.717) is 18.8 Å². The molecule has 0 bridgehead atoms. The van der Waals surface area contributed by atoms with Crippen molar-refractivity contribution in [1.82, 2.24) is 0 Å². The number of rotatable bonds is 5. The van der Waals surface area contributed by atoms with Gasteiger partial charge in [-0.05, 0) is 52.4 Å². The van der Waals surface area contributed by atoms with Crippen molar-refractivity contribution in [2.45, 2.75) is 89.1 Å². The maximum Gasteiger partial charge on any atom is 0.495 e. The van der Waals surface area contributed by atoms with Crippen molar-refractivity contribution in [2.24, 2.45) is 5.92 Å². The lowest BCUT2D eigenvalue weighted by Crippen LogP contribution is -2.43. The van der Waals surface area contributed by atoms with Gasteiger partial charge in [-0.15, -0.1) is 4.79 Å². The lowest BCUT2D eigenvalue weighted by molar-refractivity contribution is 0.00355. The number of sulfone groups is 2. The smallest absolute Gasteiger partial charge is 0.359 e. The topological polar surface area (TPSA) is 105 Å². The lowest BCUT2D eigenvalue weighted by atomic mass is 9.85. The second kappa shape index (κ2) is 8.11. The SMILES string of the molecule is CCCCCC1CCC(S(=O)(=O)C(=[N+]=[N-])S(=O)(=O)C(C)(C)C)CC1. The van der Waals surface area contributed by atoms with Crippen LogP contribution in [0.5, 0.6) is 0 Å². The van der Waals surface area contributed by atoms with Crippen molar-refractivity contribution in [1.29, 1.82) is 0 Å². The maximum atomic E-state index is 12.7. The molecule has 24 heavy (non-hydrogen) atoms. The summed E-state index contributed by atoms with van der Waals surface area (Å²) < 4.78 is 47.9. The largest absolute Gasteiger partial charge is 0.495 e. The summed E-state index contributed by atoms with van der Waals surface area (Å²) in [5.41, 5.74) is 9.12. The van der Waals surface area contributed by atoms with Crippen molar-refractivity contribution < 1.29 is 21.6 Å². The summed E-state index contributed by atoms with van der Waals surface area (Å²) in [5, 5.41) is -0.775. The zero-order valence-electron chi connectivity index (χ0n) is 15.2. The summed E-state index contributed by atoms with van der Waals surface area (Å²) in [7, 11) is -8.37. The molecule has 140 valence electrons. The molecule has 1 fully saturated rings. The number of nitrogens with zero attached hydrogens (tertiary/aromatic N) is 2. The van der Waals surface area contributed by atoms with Crippen LogP contribution in [0.4, 0.5) is 0 Å². The highest BCUT2D eigenvalue weighted by Crippen LogP contribution is 2.33. The molecule has 0 aromatic carbocycles. The molecular weight excluding hydrogens is 348 g/mol. The van der Waals surface area contributed by atoms with Crippen LogP contribution in [0, 0.1) is 5.92 Å². The molecule has 0 atom stereocenters. The summed E-state index contributed by atoms with van der Waals surface area (Å²) in [4.78, 5) is 2.69. The van der Waals surface area contributed by atoms with E-state index in [0.717, 1.165) is 32.1 Å². The molecule has 0 radical (unpaired) electrons. The van der Waals surface area contributed by atoms with Crippen LogP contribution < -0.4 is 0 Å². The molecule has 1 aliphatic carbocycles. The molecular formula is C16H30N2O4S2. The maximum absolute atomic E-state index is 12.7. The highest BCUT2D eigenvalue weighted by molar-refractivity contribution is 8.31. The standard InChI is InChI=1S/C16H30N2O4S2/c1-5-6-7-8-13-9-11-14(12-10-13)23(19,20)15(18-17)24(21,22)16(2,3)4/h13-14H,5-12H2,1-4H3. The Morgan fingerprint density at radius 2 is 1.58 bits per heavy atom. The zero-order chi connectivity index (χ0) is 18.6. The van der Waals surface area contributed by atoms with E-state index >= 15 is 0 Å². The second-order valence-electron chi connectivity index (χ2n) is 7.67. The van der Waals surface area contributed by atoms with Crippen LogP contribution in [0.25, 0.3) is 5.53 Å². The Morgan fingerprint density at radius 3 is 2.00 bits per heavy atom. The minimum absolute atomic E-state index is 0.428. The van der Waals surface area contributed by atoms with E-state index in [1.807, 2.05) is 0 Å². The highest BCUT2D eigenvalue weighted by Gasteiger charge is 2.52. The summed E-state index contributed by atoms with van der Waals surface area (Å²) in [5.74, 6) is 0.511. The Morgan fingerprint density at radius 1 is 1.04 bits per heavy atom. The Kier molecular flexibility index (Phi) is 7.20. The van der Waals surface area contributed by atoms with Crippen LogP contribution in [-0.4, -0.2) is 36.0 Å². The Labute approximate surface area is 146 Å². The molecule has 6 nitrogen and oxygen atoms in total. The van der Waals surface area contributed by atoms with E-state index in [1.165, 1.54) is 27.2 Å². The average Bonchev–Trinajstić information content (AvgIpc) is 2.47. The predicted molar refractivity (Wildman–Crippen MR) is 96.1 cm³/mol. The molecule has 8 heteroatoms. The fourth-order valence-corrected chi connectivity index (χ4v) is 7.39. The van der Waals surface area contributed by atoms with Gasteiger partial charge >= 0.3 is 4.38 Å². The van der Waals surface area contributed by atoms with Crippen LogP contribution in [0.3, 0.4) is 0 Å². The summed E-state index contributed by atoms with van der Waals surface area (Å²) >= 11 is 0. The van der Waals surface area contributed by atoms with E-state index in [4.69, 9.17) is 5.53 Å². The minimum atomic E-state index is -4.21. The number of hydrogen-bond acceptors (Lipinski definition) is 4. The van der Waals surface area contributed by atoms with Gasteiger partial charge in [0.2, 0.25) is 0 Å². The minimum Gasteiger partial charge on any atom is -0.359 e. The van der Waals surface area contributed by atoms with Crippen molar-refractivity contribution >= 4 is 24.1 Å². The summed E-state index contributed by atoms with van der Waals surface area (Å²) in [6, 6.07) is 0. The van der Waals surface area contributed by atoms with E-state index in [1.54, 1.807) is 0 Å². The molecule has 1 saturated carbocycles. The van der Waals surface area contributed by atoms with Crippen molar-refractivity contribution in [3.63, 3.8) is 0 Å². The number of hydrogen-bond donors (Lipinski definition) is 0. The first-order valence-corrected chi connectivity index (χ1v) is 11.7. The molecule has 0 aromatic heterocycles. The van der Waals surface area contributed by atoms with Crippen LogP contribution in [-0.2, 0) is 19.7 Å². The van der Waals surface area contributed by atoms with Crippen LogP contribution in [0.1, 0.15) is 79.1 Å². The highest BCUT2D eigenvalue weighted by atomic mass is 32.3. The van der Waals surface area contributed by atoms with Crippen molar-refractivity contribution in [2.75, 3.05) is 0 Å². The fourth-order valence-electron chi connectivity index (χ4n) is 3.08. The fraction of sp³-hybridized carbons (Fsp3) is 0.938. The lowest BCUT2D eigenvalue weighted by Gasteiger charge is -2.27. The van der Waals surface area contributed by atoms with Crippen molar-refractivity contribution in [3.8, 4) is 0 Å². The van der Waals surface area contributed by atoms with E-state index in [2.05, 4.69) is 11.7 Å². The molecule has 0 aliphatic heterocycles. The molecule has 0 N–H and O–H groups in total. The van der Waals surface area contributed by atoms with Crippen molar-refractivity contribution in [3.05, 3.63) is 5.53 Å². The second-order valence-corrected chi connectivity index (χ2v) is 12.7. The summed E-state index contributed by atoms with van der Waals surface area (Å²) in [6.07, 6.45) is 7.01. The molecule has 0 aromatic rings. The van der Waals surface area contributed by atoms with E-state index < -0.39 is 34.0 Å². The van der Waals surface area contributed by atoms with Gasteiger partial charge in [-0.3, -0.25) is 0 Å². The van der Waals surface area contributed by atoms with E-state index in [-0.39, 0.29) is 0 Å². The average molecular weight is 379 g/mol. The predicted octanol–water partition coefficient (Wildman–Crippen LogP) is 3.34. The van der Waals surface area contributed by atoms with Crippen LogP contribution in [0.2, 0.25) is 0 Å². The Balaban J connectivity index is 2.89. The normalized spacial score (nSPS) is 22.8. The molecule has 1 aliphatic rings. The molecule has 0 heterocycles. The molecule has 0 saturated heterocycles. The Bertz CT molecular complexity index is 676. The molecule has 0 spiro atoms. The van der Waals surface area contributed by atoms with E-state index in [9.17, 15) is 16.8 Å². The van der Waals surface area contributed by atoms with Gasteiger partial charge in [0.15, 0.2) is 0 Å². The first kappa shape index (κ1) is 21.3. The monoisotopic (exact) mass is 378 g/mol. The number of unbranched alkanes of at least 4 members (excludes halogenated alkanes) is 2. The van der Waals surface area contributed by atoms with Gasteiger partial charge in [0, 0.05) is 0 Å². The van der Waals surface area contributed by atoms with Gasteiger partial charge in [-0.1, -0.05) is 32.6 Å². The van der Waals surface area contributed by atoms with Gasteiger partial charge in [0.25, 0.3) is 19.7 Å². The first-order chi connectivity index (χ1) is 11.0. The summed E-state index contributed by atoms with van der Waals surface area (Å²) in [6.45, 7) is 6.34. The third-order valence-electron chi connectivity index (χ3n) is 4.81. The van der Waals surface area contributed by atoms with Gasteiger partial charge in [0.1, 0.15) is 0 Å². The zero-order valence-corrected chi connectivity index (χ0v) is 16.8. The Hall–Kier alpha value is -0.720. The quantitative estimate of drug-likeness (QED) is 0.240. The third kappa shape index (κ3) is 4.67. The van der Waals surface area contributed by atoms with Crippen LogP contribution >= 0.6 is 0 Å².